The minimum Gasteiger partial charge on any atom is -0.459 e. The third-order valence-corrected chi connectivity index (χ3v) is 6.04. The van der Waals surface area contributed by atoms with Crippen molar-refractivity contribution in [3.05, 3.63) is 29.5 Å². The molecule has 1 amide bonds. The fourth-order valence-electron chi connectivity index (χ4n) is 3.47. The zero-order chi connectivity index (χ0) is 16.8. The SMILES string of the molecule is O=C(NC1CC(Nc2nc(CC3CC3)ns2)C1)c1occc1C1CC1. The Bertz CT molecular complexity index is 772. The van der Waals surface area contributed by atoms with Gasteiger partial charge in [0.1, 0.15) is 5.82 Å². The van der Waals surface area contributed by atoms with E-state index in [9.17, 15) is 4.79 Å². The molecule has 3 saturated carbocycles. The summed E-state index contributed by atoms with van der Waals surface area (Å²) in [5, 5.41) is 7.44. The van der Waals surface area contributed by atoms with E-state index in [0.717, 1.165) is 41.7 Å². The van der Waals surface area contributed by atoms with Crippen LogP contribution < -0.4 is 10.6 Å². The van der Waals surface area contributed by atoms with Crippen LogP contribution in [0.1, 0.15) is 66.4 Å². The minimum atomic E-state index is -0.0713. The third kappa shape index (κ3) is 3.42. The van der Waals surface area contributed by atoms with E-state index in [-0.39, 0.29) is 11.9 Å². The van der Waals surface area contributed by atoms with E-state index in [0.29, 0.717) is 17.7 Å². The van der Waals surface area contributed by atoms with Crippen LogP contribution in [0.3, 0.4) is 0 Å². The summed E-state index contributed by atoms with van der Waals surface area (Å²) in [6.45, 7) is 0. The molecule has 2 heterocycles. The highest BCUT2D eigenvalue weighted by molar-refractivity contribution is 7.09. The summed E-state index contributed by atoms with van der Waals surface area (Å²) in [4.78, 5) is 17.0. The third-order valence-electron chi connectivity index (χ3n) is 5.36. The van der Waals surface area contributed by atoms with E-state index in [1.165, 1.54) is 37.2 Å². The van der Waals surface area contributed by atoms with Gasteiger partial charge in [-0.3, -0.25) is 4.79 Å². The zero-order valence-corrected chi connectivity index (χ0v) is 14.8. The molecule has 0 saturated heterocycles. The second-order valence-electron chi connectivity index (χ2n) is 7.63. The average molecular weight is 358 g/mol. The molecule has 25 heavy (non-hydrogen) atoms. The summed E-state index contributed by atoms with van der Waals surface area (Å²) in [6.07, 6.45) is 9.47. The fraction of sp³-hybridized carbons (Fsp3) is 0.611. The lowest BCUT2D eigenvalue weighted by Crippen LogP contribution is -2.49. The van der Waals surface area contributed by atoms with Gasteiger partial charge in [-0.15, -0.1) is 0 Å². The zero-order valence-electron chi connectivity index (χ0n) is 14.0. The van der Waals surface area contributed by atoms with Gasteiger partial charge >= 0.3 is 0 Å². The number of furan rings is 1. The first kappa shape index (κ1) is 15.4. The highest BCUT2D eigenvalue weighted by Crippen LogP contribution is 2.42. The predicted octanol–water partition coefficient (Wildman–Crippen LogP) is 3.33. The maximum absolute atomic E-state index is 12.4. The predicted molar refractivity (Wildman–Crippen MR) is 94.9 cm³/mol. The van der Waals surface area contributed by atoms with Gasteiger partial charge in [-0.2, -0.15) is 4.37 Å². The summed E-state index contributed by atoms with van der Waals surface area (Å²) in [5.74, 6) is 2.75. The molecule has 5 rings (SSSR count). The van der Waals surface area contributed by atoms with Crippen LogP contribution in [0.2, 0.25) is 0 Å². The van der Waals surface area contributed by atoms with E-state index in [1.54, 1.807) is 6.26 Å². The quantitative estimate of drug-likeness (QED) is 0.793. The van der Waals surface area contributed by atoms with Crippen molar-refractivity contribution >= 4 is 22.6 Å². The minimum absolute atomic E-state index is 0.0713. The number of rotatable bonds is 7. The normalized spacial score (nSPS) is 25.4. The molecule has 6 nitrogen and oxygen atoms in total. The molecule has 0 aliphatic heterocycles. The number of nitrogens with one attached hydrogen (secondary N) is 2. The van der Waals surface area contributed by atoms with Gasteiger partial charge in [0.15, 0.2) is 5.76 Å². The largest absolute Gasteiger partial charge is 0.459 e. The molecule has 2 aromatic rings. The Morgan fingerprint density at radius 2 is 2.08 bits per heavy atom. The summed E-state index contributed by atoms with van der Waals surface area (Å²) in [6, 6.07) is 2.51. The van der Waals surface area contributed by atoms with Gasteiger partial charge in [0, 0.05) is 35.6 Å². The lowest BCUT2D eigenvalue weighted by atomic mass is 9.87. The van der Waals surface area contributed by atoms with Gasteiger partial charge in [0.2, 0.25) is 5.13 Å². The van der Waals surface area contributed by atoms with Gasteiger partial charge < -0.3 is 15.1 Å². The number of aromatic nitrogens is 2. The molecule has 3 aliphatic rings. The van der Waals surface area contributed by atoms with Crippen molar-refractivity contribution in [2.45, 2.75) is 62.9 Å². The Balaban J connectivity index is 1.10. The van der Waals surface area contributed by atoms with Crippen molar-refractivity contribution in [3.8, 4) is 0 Å². The molecule has 0 unspecified atom stereocenters. The molecule has 0 radical (unpaired) electrons. The number of amides is 1. The maximum atomic E-state index is 12.4. The van der Waals surface area contributed by atoms with Crippen LogP contribution in [0.15, 0.2) is 16.7 Å². The van der Waals surface area contributed by atoms with Crippen LogP contribution >= 0.6 is 11.5 Å². The highest BCUT2D eigenvalue weighted by atomic mass is 32.1. The average Bonchev–Trinajstić information content (AvgIpc) is 3.48. The summed E-state index contributed by atoms with van der Waals surface area (Å²) >= 11 is 1.45. The van der Waals surface area contributed by atoms with Gasteiger partial charge in [-0.05, 0) is 56.4 Å². The molecule has 132 valence electrons. The van der Waals surface area contributed by atoms with E-state index in [2.05, 4.69) is 20.0 Å². The number of carbonyl (C=O) groups excluding carboxylic acids is 1. The second-order valence-corrected chi connectivity index (χ2v) is 8.38. The van der Waals surface area contributed by atoms with E-state index in [4.69, 9.17) is 4.42 Å². The second kappa shape index (κ2) is 6.12. The molecule has 2 N–H and O–H groups in total. The first-order valence-electron chi connectivity index (χ1n) is 9.22. The van der Waals surface area contributed by atoms with Crippen molar-refractivity contribution in [3.63, 3.8) is 0 Å². The molecule has 0 bridgehead atoms. The number of carbonyl (C=O) groups is 1. The fourth-order valence-corrected chi connectivity index (χ4v) is 4.15. The number of hydrogen-bond donors (Lipinski definition) is 2. The van der Waals surface area contributed by atoms with Crippen LogP contribution in [-0.2, 0) is 6.42 Å². The number of nitrogens with zero attached hydrogens (tertiary/aromatic N) is 2. The molecular formula is C18H22N4O2S. The summed E-state index contributed by atoms with van der Waals surface area (Å²) in [7, 11) is 0. The Hall–Kier alpha value is -1.89. The smallest absolute Gasteiger partial charge is 0.287 e. The summed E-state index contributed by atoms with van der Waals surface area (Å²) in [5.41, 5.74) is 1.07. The topological polar surface area (TPSA) is 80.0 Å². The Morgan fingerprint density at radius 1 is 1.24 bits per heavy atom. The Morgan fingerprint density at radius 3 is 2.84 bits per heavy atom. The van der Waals surface area contributed by atoms with Gasteiger partial charge in [-0.25, -0.2) is 4.98 Å². The number of anilines is 1. The Labute approximate surface area is 150 Å². The van der Waals surface area contributed by atoms with Crippen LogP contribution in [-0.4, -0.2) is 27.3 Å². The van der Waals surface area contributed by atoms with E-state index >= 15 is 0 Å². The molecule has 3 fully saturated rings. The van der Waals surface area contributed by atoms with Crippen LogP contribution in [0.4, 0.5) is 5.13 Å². The van der Waals surface area contributed by atoms with Crippen LogP contribution in [0.5, 0.6) is 0 Å². The number of hydrogen-bond acceptors (Lipinski definition) is 6. The molecule has 0 atom stereocenters. The maximum Gasteiger partial charge on any atom is 0.287 e. The van der Waals surface area contributed by atoms with Gasteiger partial charge in [-0.1, -0.05) is 0 Å². The van der Waals surface area contributed by atoms with Crippen molar-refractivity contribution < 1.29 is 9.21 Å². The van der Waals surface area contributed by atoms with Crippen LogP contribution in [0.25, 0.3) is 0 Å². The first-order valence-corrected chi connectivity index (χ1v) is 9.99. The van der Waals surface area contributed by atoms with Crippen LogP contribution in [0, 0.1) is 5.92 Å². The van der Waals surface area contributed by atoms with Gasteiger partial charge in [0.05, 0.1) is 6.26 Å². The lowest BCUT2D eigenvalue weighted by molar-refractivity contribution is 0.0883. The van der Waals surface area contributed by atoms with Crippen molar-refractivity contribution in [1.82, 2.24) is 14.7 Å². The highest BCUT2D eigenvalue weighted by Gasteiger charge is 2.34. The lowest BCUT2D eigenvalue weighted by Gasteiger charge is -2.35. The van der Waals surface area contributed by atoms with Gasteiger partial charge in [0.25, 0.3) is 5.91 Å². The van der Waals surface area contributed by atoms with Crippen molar-refractivity contribution in [1.29, 1.82) is 0 Å². The molecule has 0 aromatic carbocycles. The summed E-state index contributed by atoms with van der Waals surface area (Å²) < 4.78 is 9.84. The molecule has 2 aromatic heterocycles. The Kier molecular flexibility index (Phi) is 3.77. The molecule has 7 heteroatoms. The monoisotopic (exact) mass is 358 g/mol. The molecular weight excluding hydrogens is 336 g/mol. The first-order chi connectivity index (χ1) is 12.2. The van der Waals surface area contributed by atoms with E-state index < -0.39 is 0 Å². The van der Waals surface area contributed by atoms with Crippen molar-refractivity contribution in [2.75, 3.05) is 5.32 Å². The standard InChI is InChI=1S/C18H22N4O2S/c23-17(16-14(5-6-24-16)11-3-4-11)19-12-8-13(9-12)20-18-21-15(22-25-18)7-10-1-2-10/h5-6,10-13H,1-4,7-9H2,(H,19,23)(H,20,21,22). The van der Waals surface area contributed by atoms with E-state index in [1.807, 2.05) is 6.07 Å². The van der Waals surface area contributed by atoms with Crippen molar-refractivity contribution in [2.24, 2.45) is 5.92 Å². The molecule has 3 aliphatic carbocycles. The molecule has 0 spiro atoms.